The molecule has 4 nitrogen and oxygen atoms in total. The van der Waals surface area contributed by atoms with Crippen LogP contribution in [0.2, 0.25) is 0 Å². The summed E-state index contributed by atoms with van der Waals surface area (Å²) in [4.78, 5) is 9.48. The van der Waals surface area contributed by atoms with E-state index in [-0.39, 0.29) is 0 Å². The molecule has 1 aliphatic rings. The number of benzene rings is 2. The van der Waals surface area contributed by atoms with E-state index in [2.05, 4.69) is 75.9 Å². The van der Waals surface area contributed by atoms with Crippen LogP contribution >= 0.6 is 0 Å². The van der Waals surface area contributed by atoms with E-state index in [1.165, 1.54) is 43.6 Å². The molecule has 1 saturated heterocycles. The molecule has 0 radical (unpaired) electrons. The summed E-state index contributed by atoms with van der Waals surface area (Å²) in [6.07, 6.45) is 5.79. The van der Waals surface area contributed by atoms with E-state index in [1.807, 2.05) is 12.4 Å². The lowest BCUT2D eigenvalue weighted by Gasteiger charge is -2.23. The number of fused-ring (bicyclic) bond motifs is 1. The minimum atomic E-state index is 0.733. The summed E-state index contributed by atoms with van der Waals surface area (Å²) in [5.41, 5.74) is 4.76. The molecular weight excluding hydrogens is 320 g/mol. The predicted molar refractivity (Wildman–Crippen MR) is 108 cm³/mol. The molecule has 1 unspecified atom stereocenters. The summed E-state index contributed by atoms with van der Waals surface area (Å²) in [6.45, 7) is 3.44. The zero-order valence-corrected chi connectivity index (χ0v) is 15.8. The molecular formula is C22H28N4. The molecule has 0 spiro atoms. The quantitative estimate of drug-likeness (QED) is 0.714. The van der Waals surface area contributed by atoms with Gasteiger partial charge in [0.15, 0.2) is 0 Å². The highest BCUT2D eigenvalue weighted by Gasteiger charge is 2.18. The third kappa shape index (κ3) is 3.67. The second kappa shape index (κ2) is 7.60. The maximum atomic E-state index is 4.49. The molecule has 0 N–H and O–H groups in total. The number of hydrogen-bond acceptors (Lipinski definition) is 3. The first-order valence-corrected chi connectivity index (χ1v) is 9.61. The minimum absolute atomic E-state index is 0.733. The summed E-state index contributed by atoms with van der Waals surface area (Å²) < 4.78 is 2.16. The number of rotatable bonds is 4. The summed E-state index contributed by atoms with van der Waals surface area (Å²) in [6, 6.07) is 18.0. The van der Waals surface area contributed by atoms with E-state index < -0.39 is 0 Å². The molecule has 3 aromatic rings. The predicted octanol–water partition coefficient (Wildman–Crippen LogP) is 3.94. The van der Waals surface area contributed by atoms with Crippen molar-refractivity contribution in [2.24, 2.45) is 0 Å². The lowest BCUT2D eigenvalue weighted by molar-refractivity contribution is 0.245. The van der Waals surface area contributed by atoms with Crippen molar-refractivity contribution < 1.29 is 0 Å². The van der Waals surface area contributed by atoms with Gasteiger partial charge in [-0.3, -0.25) is 9.47 Å². The molecule has 26 heavy (non-hydrogen) atoms. The van der Waals surface area contributed by atoms with Crippen molar-refractivity contribution in [3.8, 4) is 5.69 Å². The zero-order valence-electron chi connectivity index (χ0n) is 15.8. The molecule has 0 bridgehead atoms. The average Bonchev–Trinajstić information content (AvgIpc) is 2.94. The maximum absolute atomic E-state index is 4.49. The normalized spacial score (nSPS) is 19.1. The third-order valence-electron chi connectivity index (χ3n) is 5.59. The molecule has 4 rings (SSSR count). The van der Waals surface area contributed by atoms with Gasteiger partial charge in [0.1, 0.15) is 6.33 Å². The zero-order chi connectivity index (χ0) is 17.9. The first-order valence-electron chi connectivity index (χ1n) is 9.61. The van der Waals surface area contributed by atoms with Crippen LogP contribution in [0.15, 0.2) is 54.9 Å². The molecule has 0 saturated carbocycles. The van der Waals surface area contributed by atoms with Gasteiger partial charge in [-0.1, -0.05) is 24.3 Å². The van der Waals surface area contributed by atoms with Crippen LogP contribution in [-0.2, 0) is 6.54 Å². The fourth-order valence-corrected chi connectivity index (χ4v) is 4.00. The van der Waals surface area contributed by atoms with Gasteiger partial charge in [0.25, 0.3) is 0 Å². The number of imidazole rings is 1. The Balaban J connectivity index is 1.45. The van der Waals surface area contributed by atoms with Crippen molar-refractivity contribution in [1.82, 2.24) is 19.4 Å². The van der Waals surface area contributed by atoms with Gasteiger partial charge in [-0.05, 0) is 76.3 Å². The number of hydrogen-bond donors (Lipinski definition) is 0. The summed E-state index contributed by atoms with van der Waals surface area (Å²) in [5.74, 6) is 0. The van der Waals surface area contributed by atoms with Crippen molar-refractivity contribution in [2.75, 3.05) is 27.2 Å². The average molecular weight is 348 g/mol. The molecule has 1 aliphatic heterocycles. The van der Waals surface area contributed by atoms with Crippen molar-refractivity contribution in [1.29, 1.82) is 0 Å². The molecule has 136 valence electrons. The van der Waals surface area contributed by atoms with Gasteiger partial charge in [-0.15, -0.1) is 0 Å². The van der Waals surface area contributed by atoms with E-state index in [4.69, 9.17) is 0 Å². The fraction of sp³-hybridized carbons (Fsp3) is 0.409. The Bertz CT molecular complexity index is 850. The summed E-state index contributed by atoms with van der Waals surface area (Å²) >= 11 is 0. The Hall–Kier alpha value is -2.17. The van der Waals surface area contributed by atoms with Crippen molar-refractivity contribution in [3.63, 3.8) is 0 Å². The highest BCUT2D eigenvalue weighted by molar-refractivity contribution is 5.77. The van der Waals surface area contributed by atoms with Crippen LogP contribution in [0.5, 0.6) is 0 Å². The smallest absolute Gasteiger partial charge is 0.100 e. The van der Waals surface area contributed by atoms with Gasteiger partial charge < -0.3 is 4.90 Å². The Morgan fingerprint density at radius 2 is 1.81 bits per heavy atom. The standard InChI is InChI=1S/C22H28N4/c1-24(2)19-6-5-14-25(15-13-19)16-18-9-11-20(12-10-18)26-17-23-21-7-3-4-8-22(21)26/h3-4,7-12,17,19H,5-6,13-16H2,1-2H3. The Morgan fingerprint density at radius 1 is 1.00 bits per heavy atom. The molecule has 1 fully saturated rings. The van der Waals surface area contributed by atoms with Crippen molar-refractivity contribution in [3.05, 3.63) is 60.4 Å². The molecule has 4 heteroatoms. The maximum Gasteiger partial charge on any atom is 0.100 e. The first kappa shape index (κ1) is 17.3. The molecule has 2 heterocycles. The van der Waals surface area contributed by atoms with Gasteiger partial charge >= 0.3 is 0 Å². The van der Waals surface area contributed by atoms with Crippen LogP contribution in [0, 0.1) is 0 Å². The van der Waals surface area contributed by atoms with E-state index in [0.717, 1.165) is 23.6 Å². The van der Waals surface area contributed by atoms with E-state index in [0.29, 0.717) is 0 Å². The number of nitrogens with zero attached hydrogens (tertiary/aromatic N) is 4. The van der Waals surface area contributed by atoms with E-state index in [1.54, 1.807) is 0 Å². The summed E-state index contributed by atoms with van der Waals surface area (Å²) in [7, 11) is 4.41. The van der Waals surface area contributed by atoms with Gasteiger partial charge in [0.05, 0.1) is 11.0 Å². The first-order chi connectivity index (χ1) is 12.7. The van der Waals surface area contributed by atoms with Crippen molar-refractivity contribution >= 4 is 11.0 Å². The monoisotopic (exact) mass is 348 g/mol. The second-order valence-electron chi connectivity index (χ2n) is 7.59. The Kier molecular flexibility index (Phi) is 5.05. The van der Waals surface area contributed by atoms with Gasteiger partial charge in [-0.25, -0.2) is 4.98 Å². The summed E-state index contributed by atoms with van der Waals surface area (Å²) in [5, 5.41) is 0. The second-order valence-corrected chi connectivity index (χ2v) is 7.59. The van der Waals surface area contributed by atoms with Crippen LogP contribution in [0.4, 0.5) is 0 Å². The highest BCUT2D eigenvalue weighted by atomic mass is 15.2. The van der Waals surface area contributed by atoms with Gasteiger partial charge in [0, 0.05) is 18.3 Å². The molecule has 2 aromatic carbocycles. The fourth-order valence-electron chi connectivity index (χ4n) is 4.00. The Morgan fingerprint density at radius 3 is 2.62 bits per heavy atom. The van der Waals surface area contributed by atoms with Crippen molar-refractivity contribution in [2.45, 2.75) is 31.8 Å². The molecule has 1 aromatic heterocycles. The molecule has 0 amide bonds. The third-order valence-corrected chi connectivity index (χ3v) is 5.59. The van der Waals surface area contributed by atoms with Gasteiger partial charge in [-0.2, -0.15) is 0 Å². The van der Waals surface area contributed by atoms with Crippen LogP contribution in [-0.4, -0.2) is 52.6 Å². The Labute approximate surface area is 156 Å². The number of aromatic nitrogens is 2. The highest BCUT2D eigenvalue weighted by Crippen LogP contribution is 2.20. The SMILES string of the molecule is CN(C)C1CCCN(Cc2ccc(-n3cnc4ccccc43)cc2)CC1. The van der Waals surface area contributed by atoms with Gasteiger partial charge in [0.2, 0.25) is 0 Å². The van der Waals surface area contributed by atoms with Crippen LogP contribution in [0.3, 0.4) is 0 Å². The molecule has 1 atom stereocenters. The molecule has 0 aliphatic carbocycles. The lowest BCUT2D eigenvalue weighted by Crippen LogP contribution is -2.29. The lowest BCUT2D eigenvalue weighted by atomic mass is 10.1. The van der Waals surface area contributed by atoms with E-state index >= 15 is 0 Å². The number of para-hydroxylation sites is 2. The van der Waals surface area contributed by atoms with Crippen LogP contribution < -0.4 is 0 Å². The van der Waals surface area contributed by atoms with E-state index in [9.17, 15) is 0 Å². The van der Waals surface area contributed by atoms with Crippen LogP contribution in [0.25, 0.3) is 16.7 Å². The number of likely N-dealkylation sites (tertiary alicyclic amines) is 1. The largest absolute Gasteiger partial charge is 0.306 e. The minimum Gasteiger partial charge on any atom is -0.306 e. The topological polar surface area (TPSA) is 24.3 Å². The van der Waals surface area contributed by atoms with Crippen LogP contribution in [0.1, 0.15) is 24.8 Å².